The fraction of sp³-hybridized carbons (Fsp3) is 0.455. The molecule has 1 aromatic rings. The van der Waals surface area contributed by atoms with Gasteiger partial charge in [-0.2, -0.15) is 8.78 Å². The number of ether oxygens (including phenoxy) is 1. The lowest BCUT2D eigenvalue weighted by Gasteiger charge is -2.31. The van der Waals surface area contributed by atoms with Crippen molar-refractivity contribution in [1.82, 2.24) is 0 Å². The van der Waals surface area contributed by atoms with Crippen molar-refractivity contribution in [2.45, 2.75) is 32.5 Å². The Balaban J connectivity index is 2.53. The van der Waals surface area contributed by atoms with Gasteiger partial charge in [-0.1, -0.05) is 23.8 Å². The third-order valence-corrected chi connectivity index (χ3v) is 2.62. The van der Waals surface area contributed by atoms with Gasteiger partial charge in [-0.3, -0.25) is 0 Å². The molecule has 1 unspecified atom stereocenters. The van der Waals surface area contributed by atoms with Crippen LogP contribution in [0.4, 0.5) is 8.78 Å². The second-order valence-electron chi connectivity index (χ2n) is 3.74. The Labute approximate surface area is 81.7 Å². The molecule has 0 amide bonds. The normalized spacial score (nSPS) is 24.4. The van der Waals surface area contributed by atoms with E-state index in [1.165, 1.54) is 13.0 Å². The monoisotopic (exact) mass is 198 g/mol. The maximum atomic E-state index is 13.6. The summed E-state index contributed by atoms with van der Waals surface area (Å²) in [6.07, 6.45) is -1.03. The van der Waals surface area contributed by atoms with Crippen LogP contribution in [0, 0.1) is 6.92 Å². The summed E-state index contributed by atoms with van der Waals surface area (Å²) in [5.74, 6) is -2.86. The molecule has 1 heterocycles. The molecule has 0 saturated carbocycles. The molecule has 1 aliphatic heterocycles. The SMILES string of the molecule is Cc1ccc2c(c1)COC(C)C2(F)F. The Hall–Kier alpha value is -0.960. The molecule has 0 aromatic heterocycles. The first-order valence-electron chi connectivity index (χ1n) is 4.61. The first-order valence-corrected chi connectivity index (χ1v) is 4.61. The Morgan fingerprint density at radius 2 is 2.14 bits per heavy atom. The smallest absolute Gasteiger partial charge is 0.298 e. The van der Waals surface area contributed by atoms with Gasteiger partial charge in [-0.25, -0.2) is 0 Å². The molecule has 0 saturated heterocycles. The number of aryl methyl sites for hydroxylation is 1. The highest BCUT2D eigenvalue weighted by Crippen LogP contribution is 2.39. The van der Waals surface area contributed by atoms with Crippen LogP contribution in [0.25, 0.3) is 0 Å². The number of alkyl halides is 2. The summed E-state index contributed by atoms with van der Waals surface area (Å²) in [4.78, 5) is 0. The highest BCUT2D eigenvalue weighted by molar-refractivity contribution is 5.36. The molecule has 1 aromatic carbocycles. The van der Waals surface area contributed by atoms with Gasteiger partial charge in [0.25, 0.3) is 5.92 Å². The van der Waals surface area contributed by atoms with Crippen LogP contribution >= 0.6 is 0 Å². The molecule has 0 N–H and O–H groups in total. The fourth-order valence-electron chi connectivity index (χ4n) is 1.71. The number of rotatable bonds is 0. The van der Waals surface area contributed by atoms with Gasteiger partial charge in [0.1, 0.15) is 6.10 Å². The van der Waals surface area contributed by atoms with Gasteiger partial charge in [-0.15, -0.1) is 0 Å². The van der Waals surface area contributed by atoms with Crippen LogP contribution < -0.4 is 0 Å². The Morgan fingerprint density at radius 3 is 2.86 bits per heavy atom. The molecular formula is C11H12F2O. The van der Waals surface area contributed by atoms with E-state index < -0.39 is 12.0 Å². The fourth-order valence-corrected chi connectivity index (χ4v) is 1.71. The van der Waals surface area contributed by atoms with Crippen molar-refractivity contribution in [3.05, 3.63) is 34.9 Å². The van der Waals surface area contributed by atoms with E-state index in [1.807, 2.05) is 6.92 Å². The maximum absolute atomic E-state index is 13.6. The molecule has 1 aliphatic rings. The van der Waals surface area contributed by atoms with E-state index in [0.717, 1.165) is 5.56 Å². The summed E-state index contributed by atoms with van der Waals surface area (Å²) < 4.78 is 32.2. The molecule has 76 valence electrons. The quantitative estimate of drug-likeness (QED) is 0.622. The summed E-state index contributed by atoms with van der Waals surface area (Å²) in [5, 5.41) is 0. The van der Waals surface area contributed by atoms with Gasteiger partial charge >= 0.3 is 0 Å². The zero-order valence-electron chi connectivity index (χ0n) is 8.18. The van der Waals surface area contributed by atoms with Gasteiger partial charge in [0.15, 0.2) is 0 Å². The van der Waals surface area contributed by atoms with E-state index in [0.29, 0.717) is 5.56 Å². The van der Waals surface area contributed by atoms with Crippen molar-refractivity contribution in [1.29, 1.82) is 0 Å². The van der Waals surface area contributed by atoms with Gasteiger partial charge < -0.3 is 4.74 Å². The van der Waals surface area contributed by atoms with Crippen LogP contribution in [0.1, 0.15) is 23.6 Å². The number of benzene rings is 1. The van der Waals surface area contributed by atoms with E-state index in [9.17, 15) is 8.78 Å². The van der Waals surface area contributed by atoms with Crippen molar-refractivity contribution in [3.63, 3.8) is 0 Å². The van der Waals surface area contributed by atoms with E-state index in [2.05, 4.69) is 0 Å². The first-order chi connectivity index (χ1) is 6.51. The van der Waals surface area contributed by atoms with Crippen molar-refractivity contribution >= 4 is 0 Å². The molecular weight excluding hydrogens is 186 g/mol. The van der Waals surface area contributed by atoms with Crippen LogP contribution in [0.3, 0.4) is 0 Å². The summed E-state index contributed by atoms with van der Waals surface area (Å²) in [5.41, 5.74) is 1.70. The van der Waals surface area contributed by atoms with Gasteiger partial charge in [0.2, 0.25) is 0 Å². The van der Waals surface area contributed by atoms with Crippen molar-refractivity contribution in [3.8, 4) is 0 Å². The number of halogens is 2. The van der Waals surface area contributed by atoms with Crippen LogP contribution in [0.5, 0.6) is 0 Å². The van der Waals surface area contributed by atoms with Crippen molar-refractivity contribution in [2.24, 2.45) is 0 Å². The zero-order chi connectivity index (χ0) is 10.3. The van der Waals surface area contributed by atoms with Crippen molar-refractivity contribution in [2.75, 3.05) is 0 Å². The number of hydrogen-bond acceptors (Lipinski definition) is 1. The van der Waals surface area contributed by atoms with Crippen LogP contribution in [0.15, 0.2) is 18.2 Å². The average molecular weight is 198 g/mol. The highest BCUT2D eigenvalue weighted by Gasteiger charge is 2.43. The third-order valence-electron chi connectivity index (χ3n) is 2.62. The topological polar surface area (TPSA) is 9.23 Å². The lowest BCUT2D eigenvalue weighted by molar-refractivity contribution is -0.155. The van der Waals surface area contributed by atoms with E-state index in [-0.39, 0.29) is 12.2 Å². The minimum atomic E-state index is -2.86. The van der Waals surface area contributed by atoms with Gasteiger partial charge in [-0.05, 0) is 19.4 Å². The summed E-state index contributed by atoms with van der Waals surface area (Å²) in [6.45, 7) is 3.58. The first kappa shape index (κ1) is 9.59. The van der Waals surface area contributed by atoms with Crippen LogP contribution in [0.2, 0.25) is 0 Å². The number of fused-ring (bicyclic) bond motifs is 1. The lowest BCUT2D eigenvalue weighted by atomic mass is 9.94. The predicted octanol–water partition coefficient (Wildman–Crippen LogP) is 3.01. The molecule has 0 fully saturated rings. The largest absolute Gasteiger partial charge is 0.367 e. The predicted molar refractivity (Wildman–Crippen MR) is 49.3 cm³/mol. The molecule has 3 heteroatoms. The molecule has 0 bridgehead atoms. The maximum Gasteiger partial charge on any atom is 0.298 e. The van der Waals surface area contributed by atoms with Crippen molar-refractivity contribution < 1.29 is 13.5 Å². The minimum Gasteiger partial charge on any atom is -0.367 e. The van der Waals surface area contributed by atoms with E-state index in [1.54, 1.807) is 12.1 Å². The van der Waals surface area contributed by atoms with Crippen LogP contribution in [-0.2, 0) is 17.3 Å². The molecule has 0 aliphatic carbocycles. The molecule has 2 rings (SSSR count). The molecule has 1 nitrogen and oxygen atoms in total. The molecule has 1 atom stereocenters. The Kier molecular flexibility index (Phi) is 2.07. The standard InChI is InChI=1S/C11H12F2O/c1-7-3-4-10-9(5-7)6-14-8(2)11(10,12)13/h3-5,8H,6H2,1-2H3. The number of hydrogen-bond donors (Lipinski definition) is 0. The lowest BCUT2D eigenvalue weighted by Crippen LogP contribution is -2.35. The molecule has 0 radical (unpaired) electrons. The van der Waals surface area contributed by atoms with E-state index in [4.69, 9.17) is 4.74 Å². The highest BCUT2D eigenvalue weighted by atomic mass is 19.3. The second-order valence-corrected chi connectivity index (χ2v) is 3.74. The molecule has 0 spiro atoms. The summed E-state index contributed by atoms with van der Waals surface area (Å²) in [6, 6.07) is 4.98. The van der Waals surface area contributed by atoms with Gasteiger partial charge in [0, 0.05) is 5.56 Å². The van der Waals surface area contributed by atoms with E-state index >= 15 is 0 Å². The van der Waals surface area contributed by atoms with Crippen LogP contribution in [-0.4, -0.2) is 6.10 Å². The van der Waals surface area contributed by atoms with Gasteiger partial charge in [0.05, 0.1) is 6.61 Å². The second kappa shape index (κ2) is 3.02. The third kappa shape index (κ3) is 1.32. The molecule has 14 heavy (non-hydrogen) atoms. The summed E-state index contributed by atoms with van der Waals surface area (Å²) >= 11 is 0. The Bertz CT molecular complexity index is 360. The summed E-state index contributed by atoms with van der Waals surface area (Å²) in [7, 11) is 0. The Morgan fingerprint density at radius 1 is 1.43 bits per heavy atom. The average Bonchev–Trinajstić information content (AvgIpc) is 2.12. The zero-order valence-corrected chi connectivity index (χ0v) is 8.18. The minimum absolute atomic E-state index is 0.113.